The predicted molar refractivity (Wildman–Crippen MR) is 99.8 cm³/mol. The summed E-state index contributed by atoms with van der Waals surface area (Å²) in [6.45, 7) is 1.05. The zero-order valence-electron chi connectivity index (χ0n) is 14.9. The molecule has 0 unspecified atom stereocenters. The Labute approximate surface area is 155 Å². The SMILES string of the molecule is CN=C(NCCc1nc(C(F)(F)F)cs1)NCc1ccc(N(C)C)cc1. The lowest BCUT2D eigenvalue weighted by Crippen LogP contribution is -2.37. The lowest BCUT2D eigenvalue weighted by Gasteiger charge is -2.14. The highest BCUT2D eigenvalue weighted by Crippen LogP contribution is 2.29. The van der Waals surface area contributed by atoms with Gasteiger partial charge in [-0.25, -0.2) is 4.98 Å². The third-order valence-corrected chi connectivity index (χ3v) is 4.52. The van der Waals surface area contributed by atoms with Gasteiger partial charge in [-0.2, -0.15) is 13.2 Å². The van der Waals surface area contributed by atoms with Crippen LogP contribution in [-0.2, 0) is 19.1 Å². The average molecular weight is 385 g/mol. The fraction of sp³-hybridized carbons (Fsp3) is 0.412. The minimum atomic E-state index is -4.39. The molecule has 1 aromatic carbocycles. The molecule has 0 aliphatic rings. The van der Waals surface area contributed by atoms with Gasteiger partial charge < -0.3 is 15.5 Å². The molecule has 0 bridgehead atoms. The van der Waals surface area contributed by atoms with Gasteiger partial charge >= 0.3 is 6.18 Å². The molecule has 1 heterocycles. The molecule has 2 N–H and O–H groups in total. The molecule has 1 aromatic heterocycles. The summed E-state index contributed by atoms with van der Waals surface area (Å²) >= 11 is 1.01. The van der Waals surface area contributed by atoms with Gasteiger partial charge in [0.05, 0.1) is 5.01 Å². The van der Waals surface area contributed by atoms with Crippen LogP contribution in [0.15, 0.2) is 34.6 Å². The van der Waals surface area contributed by atoms with Crippen LogP contribution in [0.1, 0.15) is 16.3 Å². The summed E-state index contributed by atoms with van der Waals surface area (Å²) in [6, 6.07) is 8.13. The zero-order chi connectivity index (χ0) is 19.2. The summed E-state index contributed by atoms with van der Waals surface area (Å²) in [5.74, 6) is 0.592. The van der Waals surface area contributed by atoms with Crippen molar-refractivity contribution in [1.82, 2.24) is 15.6 Å². The Morgan fingerprint density at radius 2 is 1.88 bits per heavy atom. The highest BCUT2D eigenvalue weighted by atomic mass is 32.1. The number of halogens is 3. The van der Waals surface area contributed by atoms with E-state index in [-0.39, 0.29) is 0 Å². The van der Waals surface area contributed by atoms with Crippen molar-refractivity contribution in [2.45, 2.75) is 19.1 Å². The molecule has 5 nitrogen and oxygen atoms in total. The van der Waals surface area contributed by atoms with Gasteiger partial charge in [0.25, 0.3) is 0 Å². The van der Waals surface area contributed by atoms with Gasteiger partial charge in [0.2, 0.25) is 0 Å². The van der Waals surface area contributed by atoms with E-state index in [1.807, 2.05) is 43.3 Å². The topological polar surface area (TPSA) is 52.6 Å². The first-order valence-corrected chi connectivity index (χ1v) is 8.90. The van der Waals surface area contributed by atoms with Gasteiger partial charge in [-0.15, -0.1) is 11.3 Å². The highest BCUT2D eigenvalue weighted by molar-refractivity contribution is 7.09. The van der Waals surface area contributed by atoms with Crippen molar-refractivity contribution in [3.8, 4) is 0 Å². The third kappa shape index (κ3) is 5.91. The second kappa shape index (κ2) is 8.88. The Morgan fingerprint density at radius 3 is 2.42 bits per heavy atom. The second-order valence-corrected chi connectivity index (χ2v) is 6.73. The summed E-state index contributed by atoms with van der Waals surface area (Å²) in [7, 11) is 5.62. The van der Waals surface area contributed by atoms with E-state index in [4.69, 9.17) is 0 Å². The van der Waals surface area contributed by atoms with Crippen LogP contribution in [0.5, 0.6) is 0 Å². The van der Waals surface area contributed by atoms with Gasteiger partial charge in [0, 0.05) is 51.7 Å². The van der Waals surface area contributed by atoms with Gasteiger partial charge in [-0.1, -0.05) is 12.1 Å². The Morgan fingerprint density at radius 1 is 1.19 bits per heavy atom. The third-order valence-electron chi connectivity index (χ3n) is 3.61. The van der Waals surface area contributed by atoms with Crippen LogP contribution in [-0.4, -0.2) is 38.6 Å². The standard InChI is InChI=1S/C17H22F3N5S/c1-21-16(23-10-12-4-6-13(7-5-12)25(2)3)22-9-8-15-24-14(11-26-15)17(18,19)20/h4-7,11H,8-10H2,1-3H3,(H2,21,22,23). The van der Waals surface area contributed by atoms with E-state index in [1.54, 1.807) is 7.05 Å². The van der Waals surface area contributed by atoms with Crippen molar-refractivity contribution in [3.63, 3.8) is 0 Å². The number of hydrogen-bond donors (Lipinski definition) is 2. The molecule has 2 aromatic rings. The summed E-state index contributed by atoms with van der Waals surface area (Å²) in [4.78, 5) is 9.75. The number of alkyl halides is 3. The molecule has 142 valence electrons. The predicted octanol–water partition coefficient (Wildman–Crippen LogP) is 3.14. The molecular formula is C17H22F3N5S. The number of benzene rings is 1. The van der Waals surface area contributed by atoms with E-state index in [1.165, 1.54) is 0 Å². The van der Waals surface area contributed by atoms with Crippen LogP contribution in [0.25, 0.3) is 0 Å². The zero-order valence-corrected chi connectivity index (χ0v) is 15.7. The molecule has 0 amide bonds. The van der Waals surface area contributed by atoms with E-state index < -0.39 is 11.9 Å². The summed E-state index contributed by atoms with van der Waals surface area (Å²) in [5.41, 5.74) is 1.40. The molecule has 0 aliphatic carbocycles. The molecule has 0 saturated carbocycles. The number of aromatic nitrogens is 1. The van der Waals surface area contributed by atoms with Crippen molar-refractivity contribution in [2.75, 3.05) is 32.6 Å². The Bertz CT molecular complexity index is 723. The first kappa shape index (κ1) is 20.0. The maximum absolute atomic E-state index is 12.5. The van der Waals surface area contributed by atoms with Crippen molar-refractivity contribution in [3.05, 3.63) is 45.9 Å². The molecule has 0 atom stereocenters. The Hall–Kier alpha value is -2.29. The van der Waals surface area contributed by atoms with Gasteiger partial charge in [0.1, 0.15) is 0 Å². The van der Waals surface area contributed by atoms with E-state index in [0.717, 1.165) is 28.0 Å². The van der Waals surface area contributed by atoms with E-state index in [9.17, 15) is 13.2 Å². The number of nitrogens with zero attached hydrogens (tertiary/aromatic N) is 3. The Balaban J connectivity index is 1.78. The van der Waals surface area contributed by atoms with Crippen molar-refractivity contribution in [1.29, 1.82) is 0 Å². The molecule has 0 fully saturated rings. The molecule has 9 heteroatoms. The molecule has 0 radical (unpaired) electrons. The smallest absolute Gasteiger partial charge is 0.378 e. The molecule has 0 spiro atoms. The monoisotopic (exact) mass is 385 g/mol. The van der Waals surface area contributed by atoms with Crippen molar-refractivity contribution >= 4 is 23.0 Å². The largest absolute Gasteiger partial charge is 0.434 e. The molecule has 0 saturated heterocycles. The number of aliphatic imine (C=N–C) groups is 1. The van der Waals surface area contributed by atoms with Crippen LogP contribution in [0.4, 0.5) is 18.9 Å². The summed E-state index contributed by atoms with van der Waals surface area (Å²) in [6.07, 6.45) is -3.99. The minimum Gasteiger partial charge on any atom is -0.378 e. The summed E-state index contributed by atoms with van der Waals surface area (Å²) < 4.78 is 37.6. The van der Waals surface area contributed by atoms with Crippen LogP contribution in [0.3, 0.4) is 0 Å². The number of guanidine groups is 1. The molecular weight excluding hydrogens is 363 g/mol. The van der Waals surface area contributed by atoms with Crippen molar-refractivity contribution < 1.29 is 13.2 Å². The normalized spacial score (nSPS) is 12.2. The number of hydrogen-bond acceptors (Lipinski definition) is 4. The molecule has 26 heavy (non-hydrogen) atoms. The second-order valence-electron chi connectivity index (χ2n) is 5.79. The van der Waals surface area contributed by atoms with Gasteiger partial charge in [0.15, 0.2) is 11.7 Å². The van der Waals surface area contributed by atoms with Crippen LogP contribution < -0.4 is 15.5 Å². The Kier molecular flexibility index (Phi) is 6.84. The maximum Gasteiger partial charge on any atom is 0.434 e. The van der Waals surface area contributed by atoms with Crippen molar-refractivity contribution in [2.24, 2.45) is 4.99 Å². The number of nitrogens with one attached hydrogen (secondary N) is 2. The number of anilines is 1. The van der Waals surface area contributed by atoms with E-state index >= 15 is 0 Å². The van der Waals surface area contributed by atoms with Crippen LogP contribution >= 0.6 is 11.3 Å². The molecule has 0 aliphatic heterocycles. The van der Waals surface area contributed by atoms with E-state index in [0.29, 0.717) is 30.5 Å². The molecule has 2 rings (SSSR count). The first-order valence-electron chi connectivity index (χ1n) is 8.02. The quantitative estimate of drug-likeness (QED) is 0.593. The maximum atomic E-state index is 12.5. The first-order chi connectivity index (χ1) is 12.3. The summed E-state index contributed by atoms with van der Waals surface area (Å²) in [5, 5.41) is 7.75. The van der Waals surface area contributed by atoms with Crippen LogP contribution in [0, 0.1) is 0 Å². The van der Waals surface area contributed by atoms with Gasteiger partial charge in [-0.05, 0) is 17.7 Å². The lowest BCUT2D eigenvalue weighted by molar-refractivity contribution is -0.140. The van der Waals surface area contributed by atoms with Crippen LogP contribution in [0.2, 0.25) is 0 Å². The van der Waals surface area contributed by atoms with E-state index in [2.05, 4.69) is 20.6 Å². The minimum absolute atomic E-state index is 0.402. The van der Waals surface area contributed by atoms with Gasteiger partial charge in [-0.3, -0.25) is 4.99 Å². The fourth-order valence-corrected chi connectivity index (χ4v) is 2.97. The average Bonchev–Trinajstić information content (AvgIpc) is 3.07. The number of thiazole rings is 1. The lowest BCUT2D eigenvalue weighted by atomic mass is 10.2. The highest BCUT2D eigenvalue weighted by Gasteiger charge is 2.33. The number of rotatable bonds is 6. The fourth-order valence-electron chi connectivity index (χ4n) is 2.16.